The Balaban J connectivity index is 1.74. The smallest absolute Gasteiger partial charge is 0.257 e. The summed E-state index contributed by atoms with van der Waals surface area (Å²) in [6.45, 7) is 6.46. The largest absolute Gasteiger partial charge is 0.489 e. The van der Waals surface area contributed by atoms with Gasteiger partial charge in [0.2, 0.25) is 0 Å². The highest BCUT2D eigenvalue weighted by atomic mass is 35.5. The fraction of sp³-hybridized carbons (Fsp3) is 0.318. The van der Waals surface area contributed by atoms with Gasteiger partial charge in [-0.15, -0.1) is 0 Å². The van der Waals surface area contributed by atoms with Gasteiger partial charge in [0.1, 0.15) is 12.4 Å². The van der Waals surface area contributed by atoms with E-state index in [1.54, 1.807) is 36.4 Å². The number of fused-ring (bicyclic) bond motifs is 1. The maximum absolute atomic E-state index is 12.6. The summed E-state index contributed by atoms with van der Waals surface area (Å²) in [5.41, 5.74) is 2.41. The highest BCUT2D eigenvalue weighted by molar-refractivity contribution is 6.34. The molecule has 2 aromatic rings. The van der Waals surface area contributed by atoms with Crippen LogP contribution in [0.25, 0.3) is 0 Å². The van der Waals surface area contributed by atoms with Crippen molar-refractivity contribution in [2.24, 2.45) is 5.41 Å². The molecule has 0 aliphatic carbocycles. The number of amides is 1. The first-order valence-corrected chi connectivity index (χ1v) is 9.41. The maximum Gasteiger partial charge on any atom is 0.257 e. The van der Waals surface area contributed by atoms with Crippen LogP contribution in [0.2, 0.25) is 5.02 Å². The van der Waals surface area contributed by atoms with Gasteiger partial charge in [-0.1, -0.05) is 23.4 Å². The van der Waals surface area contributed by atoms with Crippen molar-refractivity contribution in [1.82, 2.24) is 0 Å². The van der Waals surface area contributed by atoms with Gasteiger partial charge in [0.25, 0.3) is 5.91 Å². The van der Waals surface area contributed by atoms with E-state index in [0.29, 0.717) is 28.6 Å². The van der Waals surface area contributed by atoms with Crippen LogP contribution in [0, 0.1) is 17.3 Å². The van der Waals surface area contributed by atoms with Crippen molar-refractivity contribution in [2.45, 2.75) is 26.8 Å². The van der Waals surface area contributed by atoms with E-state index in [-0.39, 0.29) is 24.0 Å². The molecule has 0 aromatic heterocycles. The molecule has 1 atom stereocenters. The monoisotopic (exact) mass is 398 g/mol. The zero-order valence-corrected chi connectivity index (χ0v) is 16.9. The van der Waals surface area contributed by atoms with Crippen molar-refractivity contribution in [2.75, 3.05) is 23.8 Å². The molecule has 1 aliphatic rings. The molecule has 5 nitrogen and oxygen atoms in total. The molecule has 2 aromatic carbocycles. The van der Waals surface area contributed by atoms with Gasteiger partial charge in [0.05, 0.1) is 28.9 Å². The Morgan fingerprint density at radius 1 is 1.32 bits per heavy atom. The van der Waals surface area contributed by atoms with Crippen molar-refractivity contribution >= 4 is 28.9 Å². The number of hydrogen-bond acceptors (Lipinski definition) is 4. The number of nitrogens with one attached hydrogen (secondary N) is 2. The Hall–Kier alpha value is -2.68. The molecule has 1 aliphatic heterocycles. The number of benzene rings is 2. The molecule has 1 heterocycles. The minimum atomic E-state index is -0.308. The summed E-state index contributed by atoms with van der Waals surface area (Å²) in [6.07, 6.45) is 0. The van der Waals surface area contributed by atoms with Gasteiger partial charge >= 0.3 is 0 Å². The molecule has 0 saturated heterocycles. The predicted octanol–water partition coefficient (Wildman–Crippen LogP) is 4.16. The normalized spacial score (nSPS) is 15.4. The molecule has 0 saturated carbocycles. The summed E-state index contributed by atoms with van der Waals surface area (Å²) in [4.78, 5) is 12.6. The molecule has 0 fully saturated rings. The molecule has 3 N–H and O–H groups in total. The third-order valence-corrected chi connectivity index (χ3v) is 4.37. The number of ether oxygens (including phenoxy) is 1. The molecule has 1 amide bonds. The van der Waals surface area contributed by atoms with E-state index in [4.69, 9.17) is 16.3 Å². The Kier molecular flexibility index (Phi) is 5.83. The zero-order valence-electron chi connectivity index (χ0n) is 16.1. The van der Waals surface area contributed by atoms with E-state index < -0.39 is 0 Å². The number of carbonyl (C=O) groups excluding carboxylic acids is 1. The lowest BCUT2D eigenvalue weighted by molar-refractivity contribution is 0.102. The first-order chi connectivity index (χ1) is 13.2. The molecular formula is C22H23ClN2O3. The van der Waals surface area contributed by atoms with Gasteiger partial charge in [0.15, 0.2) is 0 Å². The predicted molar refractivity (Wildman–Crippen MR) is 112 cm³/mol. The molecule has 28 heavy (non-hydrogen) atoms. The Morgan fingerprint density at radius 2 is 2.11 bits per heavy atom. The number of anilines is 2. The van der Waals surface area contributed by atoms with E-state index in [1.165, 1.54) is 0 Å². The molecule has 0 spiro atoms. The van der Waals surface area contributed by atoms with Gasteiger partial charge in [0, 0.05) is 22.7 Å². The van der Waals surface area contributed by atoms with E-state index in [9.17, 15) is 9.90 Å². The van der Waals surface area contributed by atoms with Crippen molar-refractivity contribution in [3.63, 3.8) is 0 Å². The number of aliphatic hydroxyl groups is 1. The highest BCUT2D eigenvalue weighted by Gasteiger charge is 2.19. The van der Waals surface area contributed by atoms with E-state index >= 15 is 0 Å². The van der Waals surface area contributed by atoms with E-state index in [0.717, 1.165) is 11.3 Å². The minimum Gasteiger partial charge on any atom is -0.489 e. The second-order valence-corrected chi connectivity index (χ2v) is 8.10. The van der Waals surface area contributed by atoms with Crippen molar-refractivity contribution in [3.05, 3.63) is 52.5 Å². The lowest BCUT2D eigenvalue weighted by atomic mass is 9.97. The van der Waals surface area contributed by atoms with Gasteiger partial charge in [-0.2, -0.15) is 0 Å². The van der Waals surface area contributed by atoms with Crippen molar-refractivity contribution < 1.29 is 14.6 Å². The van der Waals surface area contributed by atoms with E-state index in [2.05, 4.69) is 22.5 Å². The quantitative estimate of drug-likeness (QED) is 0.679. The summed E-state index contributed by atoms with van der Waals surface area (Å²) in [7, 11) is 0. The molecule has 0 unspecified atom stereocenters. The Morgan fingerprint density at radius 3 is 2.79 bits per heavy atom. The lowest BCUT2D eigenvalue weighted by Crippen LogP contribution is -2.34. The van der Waals surface area contributed by atoms with Gasteiger partial charge in [-0.25, -0.2) is 0 Å². The van der Waals surface area contributed by atoms with Crippen LogP contribution in [0.1, 0.15) is 36.7 Å². The standard InChI is InChI=1S/C22H23ClN2O3/c1-22(2,3)9-8-14-4-6-17(18(23)10-14)21(27)25-15-5-7-19-20(11-15)28-13-16(12-26)24-19/h4-7,10-11,16,24,26H,12-13H2,1-3H3,(H,25,27)/t16-/m0/s1. The van der Waals surface area contributed by atoms with Crippen LogP contribution in [-0.2, 0) is 0 Å². The minimum absolute atomic E-state index is 0.00739. The van der Waals surface area contributed by atoms with Crippen LogP contribution in [-0.4, -0.2) is 30.3 Å². The first-order valence-electron chi connectivity index (χ1n) is 9.03. The number of aliphatic hydroxyl groups excluding tert-OH is 1. The van der Waals surface area contributed by atoms with Crippen LogP contribution in [0.3, 0.4) is 0 Å². The SMILES string of the molecule is CC(C)(C)C#Cc1ccc(C(=O)Nc2ccc3c(c2)OC[C@H](CO)N3)c(Cl)c1. The second kappa shape index (κ2) is 8.14. The zero-order chi connectivity index (χ0) is 20.3. The van der Waals surface area contributed by atoms with Crippen LogP contribution in [0.4, 0.5) is 11.4 Å². The van der Waals surface area contributed by atoms with Crippen molar-refractivity contribution in [3.8, 4) is 17.6 Å². The third-order valence-electron chi connectivity index (χ3n) is 4.06. The maximum atomic E-state index is 12.6. The number of halogens is 1. The third kappa shape index (κ3) is 4.98. The summed E-state index contributed by atoms with van der Waals surface area (Å²) < 4.78 is 5.63. The van der Waals surface area contributed by atoms with Crippen LogP contribution < -0.4 is 15.4 Å². The van der Waals surface area contributed by atoms with Crippen molar-refractivity contribution in [1.29, 1.82) is 0 Å². The molecule has 3 rings (SSSR count). The number of rotatable bonds is 3. The summed E-state index contributed by atoms with van der Waals surface area (Å²) in [6, 6.07) is 10.3. The summed E-state index contributed by atoms with van der Waals surface area (Å²) in [5, 5.41) is 15.6. The van der Waals surface area contributed by atoms with Crippen LogP contribution in [0.5, 0.6) is 5.75 Å². The Labute approximate surface area is 170 Å². The molecular weight excluding hydrogens is 376 g/mol. The summed E-state index contributed by atoms with van der Waals surface area (Å²) >= 11 is 6.30. The van der Waals surface area contributed by atoms with Gasteiger partial charge in [-0.05, 0) is 51.1 Å². The first kappa shape index (κ1) is 20.1. The summed E-state index contributed by atoms with van der Waals surface area (Å²) in [5.74, 6) is 6.54. The molecule has 0 radical (unpaired) electrons. The molecule has 6 heteroatoms. The van der Waals surface area contributed by atoms with Crippen LogP contribution >= 0.6 is 11.6 Å². The highest BCUT2D eigenvalue weighted by Crippen LogP contribution is 2.32. The van der Waals surface area contributed by atoms with Gasteiger partial charge in [-0.3, -0.25) is 4.79 Å². The Bertz CT molecular complexity index is 954. The average Bonchev–Trinajstić information content (AvgIpc) is 2.65. The molecule has 146 valence electrons. The topological polar surface area (TPSA) is 70.6 Å². The van der Waals surface area contributed by atoms with Crippen LogP contribution in [0.15, 0.2) is 36.4 Å². The lowest BCUT2D eigenvalue weighted by Gasteiger charge is -2.26. The fourth-order valence-electron chi connectivity index (χ4n) is 2.62. The average molecular weight is 399 g/mol. The number of carbonyl (C=O) groups is 1. The number of hydrogen-bond donors (Lipinski definition) is 3. The fourth-order valence-corrected chi connectivity index (χ4v) is 2.89. The molecule has 0 bridgehead atoms. The van der Waals surface area contributed by atoms with E-state index in [1.807, 2.05) is 20.8 Å². The van der Waals surface area contributed by atoms with Gasteiger partial charge < -0.3 is 20.5 Å². The second-order valence-electron chi connectivity index (χ2n) is 7.69.